The molecule has 0 amide bonds. The summed E-state index contributed by atoms with van der Waals surface area (Å²) < 4.78 is 56.4. The van der Waals surface area contributed by atoms with Crippen molar-refractivity contribution in [3.05, 3.63) is 35.1 Å². The maximum absolute atomic E-state index is 13.2. The van der Waals surface area contributed by atoms with Crippen LogP contribution in [0.25, 0.3) is 0 Å². The maximum Gasteiger partial charge on any atom is 0.419 e. The molecule has 110 valence electrons. The van der Waals surface area contributed by atoms with Gasteiger partial charge in [-0.15, -0.1) is 0 Å². The Morgan fingerprint density at radius 2 is 2.05 bits per heavy atom. The van der Waals surface area contributed by atoms with Crippen molar-refractivity contribution in [2.24, 2.45) is 5.92 Å². The molecular weight excluding hydrogens is 280 g/mol. The van der Waals surface area contributed by atoms with Gasteiger partial charge >= 0.3 is 12.1 Å². The lowest BCUT2D eigenvalue weighted by Gasteiger charge is -2.29. The molecule has 2 atom stereocenters. The Morgan fingerprint density at radius 3 is 2.65 bits per heavy atom. The summed E-state index contributed by atoms with van der Waals surface area (Å²) in [5, 5.41) is 9.08. The monoisotopic (exact) mass is 292 g/mol. The Bertz CT molecular complexity index is 513. The van der Waals surface area contributed by atoms with Gasteiger partial charge in [0.15, 0.2) is 0 Å². The summed E-state index contributed by atoms with van der Waals surface area (Å²) in [5.74, 6) is -3.44. The van der Waals surface area contributed by atoms with Crippen LogP contribution < -0.4 is 0 Å². The highest BCUT2D eigenvalue weighted by molar-refractivity contribution is 5.71. The van der Waals surface area contributed by atoms with E-state index in [2.05, 4.69) is 0 Å². The van der Waals surface area contributed by atoms with E-state index < -0.39 is 35.5 Å². The highest BCUT2D eigenvalue weighted by Crippen LogP contribution is 2.38. The van der Waals surface area contributed by atoms with Gasteiger partial charge in [-0.1, -0.05) is 6.07 Å². The number of alkyl halides is 3. The van der Waals surface area contributed by atoms with E-state index in [0.717, 1.165) is 6.07 Å². The van der Waals surface area contributed by atoms with Gasteiger partial charge in [0.2, 0.25) is 0 Å². The molecule has 0 aromatic heterocycles. The fourth-order valence-electron chi connectivity index (χ4n) is 2.30. The number of halogens is 4. The second-order valence-corrected chi connectivity index (χ2v) is 4.62. The zero-order valence-electron chi connectivity index (χ0n) is 10.3. The molecule has 0 radical (unpaired) electrons. The Labute approximate surface area is 112 Å². The molecule has 1 aliphatic heterocycles. The number of ether oxygens (including phenoxy) is 1. The molecule has 20 heavy (non-hydrogen) atoms. The fraction of sp³-hybridized carbons (Fsp3) is 0.462. The van der Waals surface area contributed by atoms with Gasteiger partial charge < -0.3 is 9.84 Å². The Balaban J connectivity index is 2.39. The average Bonchev–Trinajstić information content (AvgIpc) is 2.38. The molecule has 1 saturated heterocycles. The first-order chi connectivity index (χ1) is 9.30. The van der Waals surface area contributed by atoms with Crippen molar-refractivity contribution in [3.63, 3.8) is 0 Å². The van der Waals surface area contributed by atoms with Crippen molar-refractivity contribution < 1.29 is 32.2 Å². The molecule has 3 nitrogen and oxygen atoms in total. The third-order valence-electron chi connectivity index (χ3n) is 3.26. The summed E-state index contributed by atoms with van der Waals surface area (Å²) in [5.41, 5.74) is -1.38. The quantitative estimate of drug-likeness (QED) is 0.850. The number of hydrogen-bond acceptors (Lipinski definition) is 2. The van der Waals surface area contributed by atoms with E-state index in [4.69, 9.17) is 9.84 Å². The Kier molecular flexibility index (Phi) is 3.99. The smallest absolute Gasteiger partial charge is 0.419 e. The van der Waals surface area contributed by atoms with Gasteiger partial charge in [-0.25, -0.2) is 4.39 Å². The van der Waals surface area contributed by atoms with Crippen LogP contribution >= 0.6 is 0 Å². The molecule has 1 heterocycles. The van der Waals surface area contributed by atoms with Gasteiger partial charge in [0.25, 0.3) is 0 Å². The van der Waals surface area contributed by atoms with Crippen molar-refractivity contribution in [1.82, 2.24) is 0 Å². The number of carboxylic acids is 1. The number of carboxylic acid groups (broad SMARTS) is 1. The molecule has 1 aliphatic rings. The zero-order chi connectivity index (χ0) is 14.9. The van der Waals surface area contributed by atoms with Crippen molar-refractivity contribution in [3.8, 4) is 0 Å². The summed E-state index contributed by atoms with van der Waals surface area (Å²) in [4.78, 5) is 11.1. The molecule has 1 fully saturated rings. The SMILES string of the molecule is O=C(O)C1CCCOC1c1ccc(F)c(C(F)(F)F)c1. The minimum absolute atomic E-state index is 0.0332. The lowest BCUT2D eigenvalue weighted by atomic mass is 9.89. The highest BCUT2D eigenvalue weighted by Gasteiger charge is 2.37. The van der Waals surface area contributed by atoms with Gasteiger partial charge in [-0.05, 0) is 30.5 Å². The predicted molar refractivity (Wildman–Crippen MR) is 60.5 cm³/mol. The van der Waals surface area contributed by atoms with E-state index in [1.807, 2.05) is 0 Å². The van der Waals surface area contributed by atoms with Gasteiger partial charge in [-0.2, -0.15) is 13.2 Å². The largest absolute Gasteiger partial charge is 0.481 e. The van der Waals surface area contributed by atoms with Crippen LogP contribution in [0.2, 0.25) is 0 Å². The van der Waals surface area contributed by atoms with Crippen LogP contribution in [0.3, 0.4) is 0 Å². The second-order valence-electron chi connectivity index (χ2n) is 4.62. The highest BCUT2D eigenvalue weighted by atomic mass is 19.4. The minimum Gasteiger partial charge on any atom is -0.481 e. The first-order valence-electron chi connectivity index (χ1n) is 6.02. The standard InChI is InChI=1S/C13H12F4O3/c14-10-4-3-7(6-9(10)13(15,16)17)11-8(12(18)19)2-1-5-20-11/h3-4,6,8,11H,1-2,5H2,(H,18,19). The Hall–Kier alpha value is -1.63. The van der Waals surface area contributed by atoms with Crippen LogP contribution in [0.4, 0.5) is 17.6 Å². The van der Waals surface area contributed by atoms with Crippen molar-refractivity contribution in [2.75, 3.05) is 6.61 Å². The number of carbonyl (C=O) groups is 1. The van der Waals surface area contributed by atoms with E-state index in [9.17, 15) is 22.4 Å². The van der Waals surface area contributed by atoms with Gasteiger partial charge in [-0.3, -0.25) is 4.79 Å². The molecule has 2 rings (SSSR count). The molecule has 1 aromatic rings. The number of aliphatic carboxylic acids is 1. The number of rotatable bonds is 2. The number of hydrogen-bond donors (Lipinski definition) is 1. The van der Waals surface area contributed by atoms with Crippen LogP contribution in [0.1, 0.15) is 30.1 Å². The molecule has 0 bridgehead atoms. The molecule has 0 aliphatic carbocycles. The first kappa shape index (κ1) is 14.8. The summed E-state index contributed by atoms with van der Waals surface area (Å²) in [6.45, 7) is 0.271. The van der Waals surface area contributed by atoms with E-state index >= 15 is 0 Å². The summed E-state index contributed by atoms with van der Waals surface area (Å²) in [6.07, 6.45) is -4.96. The van der Waals surface area contributed by atoms with Crippen LogP contribution in [0.15, 0.2) is 18.2 Å². The van der Waals surface area contributed by atoms with Crippen molar-refractivity contribution in [2.45, 2.75) is 25.1 Å². The summed E-state index contributed by atoms with van der Waals surface area (Å²) in [7, 11) is 0. The average molecular weight is 292 g/mol. The van der Waals surface area contributed by atoms with Gasteiger partial charge in [0, 0.05) is 6.61 Å². The maximum atomic E-state index is 13.2. The summed E-state index contributed by atoms with van der Waals surface area (Å²) in [6, 6.07) is 2.45. The van der Waals surface area contributed by atoms with Gasteiger partial charge in [0.1, 0.15) is 5.82 Å². The molecule has 7 heteroatoms. The lowest BCUT2D eigenvalue weighted by Crippen LogP contribution is -2.29. The van der Waals surface area contributed by atoms with E-state index in [0.29, 0.717) is 25.0 Å². The fourth-order valence-corrected chi connectivity index (χ4v) is 2.30. The van der Waals surface area contributed by atoms with E-state index in [1.165, 1.54) is 0 Å². The molecule has 0 saturated carbocycles. The topological polar surface area (TPSA) is 46.5 Å². The van der Waals surface area contributed by atoms with Crippen LogP contribution in [0, 0.1) is 11.7 Å². The third-order valence-corrected chi connectivity index (χ3v) is 3.26. The van der Waals surface area contributed by atoms with Crippen molar-refractivity contribution in [1.29, 1.82) is 0 Å². The lowest BCUT2D eigenvalue weighted by molar-refractivity contribution is -0.151. The van der Waals surface area contributed by atoms with Crippen molar-refractivity contribution >= 4 is 5.97 Å². The second kappa shape index (κ2) is 5.40. The van der Waals surface area contributed by atoms with E-state index in [1.54, 1.807) is 0 Å². The van der Waals surface area contributed by atoms with E-state index in [-0.39, 0.29) is 12.2 Å². The van der Waals surface area contributed by atoms with Gasteiger partial charge in [0.05, 0.1) is 17.6 Å². The normalized spacial score (nSPS) is 23.6. The van der Waals surface area contributed by atoms with Crippen LogP contribution in [0.5, 0.6) is 0 Å². The minimum atomic E-state index is -4.83. The van der Waals surface area contributed by atoms with Crippen LogP contribution in [-0.4, -0.2) is 17.7 Å². The molecular formula is C13H12F4O3. The third kappa shape index (κ3) is 2.92. The predicted octanol–water partition coefficient (Wildman–Crippen LogP) is 3.40. The molecule has 1 N–H and O–H groups in total. The molecule has 0 spiro atoms. The Morgan fingerprint density at radius 1 is 1.35 bits per heavy atom. The number of benzene rings is 1. The summed E-state index contributed by atoms with van der Waals surface area (Å²) >= 11 is 0. The molecule has 1 aromatic carbocycles. The van der Waals surface area contributed by atoms with Crippen LogP contribution in [-0.2, 0) is 15.7 Å². The molecule has 2 unspecified atom stereocenters. The zero-order valence-corrected chi connectivity index (χ0v) is 10.3. The first-order valence-corrected chi connectivity index (χ1v) is 6.02.